The average molecular weight is 286 g/mol. The maximum absolute atomic E-state index is 5.85. The van der Waals surface area contributed by atoms with Crippen LogP contribution >= 0.6 is 0 Å². The summed E-state index contributed by atoms with van der Waals surface area (Å²) in [4.78, 5) is 0. The van der Waals surface area contributed by atoms with Crippen molar-refractivity contribution in [3.63, 3.8) is 0 Å². The second-order valence-corrected chi connectivity index (χ2v) is 4.86. The van der Waals surface area contributed by atoms with Crippen LogP contribution in [0.2, 0.25) is 0 Å². The molecule has 0 saturated heterocycles. The van der Waals surface area contributed by atoms with Gasteiger partial charge in [-0.2, -0.15) is 0 Å². The van der Waals surface area contributed by atoms with Gasteiger partial charge in [0.2, 0.25) is 6.79 Å². The number of fused-ring (bicyclic) bond motifs is 4. The molecule has 5 nitrogen and oxygen atoms in total. The summed E-state index contributed by atoms with van der Waals surface area (Å²) < 4.78 is 27.5. The lowest BCUT2D eigenvalue weighted by molar-refractivity contribution is 0.174. The Labute approximate surface area is 122 Å². The number of ether oxygens (including phenoxy) is 5. The molecule has 2 heterocycles. The molecule has 5 heteroatoms. The highest BCUT2D eigenvalue weighted by Crippen LogP contribution is 2.49. The third kappa shape index (κ3) is 1.77. The van der Waals surface area contributed by atoms with Crippen molar-refractivity contribution in [1.29, 1.82) is 0 Å². The van der Waals surface area contributed by atoms with E-state index in [-0.39, 0.29) is 6.79 Å². The van der Waals surface area contributed by atoms with Crippen molar-refractivity contribution in [1.82, 2.24) is 0 Å². The van der Waals surface area contributed by atoms with Crippen LogP contribution in [0.25, 0.3) is 11.1 Å². The molecule has 0 radical (unpaired) electrons. The first-order valence-corrected chi connectivity index (χ1v) is 6.62. The van der Waals surface area contributed by atoms with Crippen LogP contribution in [0.3, 0.4) is 0 Å². The highest BCUT2D eigenvalue weighted by molar-refractivity contribution is 5.81. The van der Waals surface area contributed by atoms with Gasteiger partial charge in [0, 0.05) is 17.2 Å². The molecule has 0 aliphatic carbocycles. The molecule has 0 fully saturated rings. The first-order chi connectivity index (χ1) is 10.3. The topological polar surface area (TPSA) is 46.2 Å². The summed E-state index contributed by atoms with van der Waals surface area (Å²) in [5.41, 5.74) is 3.05. The van der Waals surface area contributed by atoms with Gasteiger partial charge in [-0.1, -0.05) is 0 Å². The van der Waals surface area contributed by atoms with Crippen molar-refractivity contribution < 1.29 is 23.7 Å². The quantitative estimate of drug-likeness (QED) is 0.849. The minimum atomic E-state index is 0.257. The Morgan fingerprint density at radius 2 is 1.67 bits per heavy atom. The molecule has 0 atom stereocenters. The van der Waals surface area contributed by atoms with Gasteiger partial charge < -0.3 is 23.7 Å². The van der Waals surface area contributed by atoms with Gasteiger partial charge in [-0.05, 0) is 23.8 Å². The molecule has 0 N–H and O–H groups in total. The lowest BCUT2D eigenvalue weighted by atomic mass is 9.95. The first-order valence-electron chi connectivity index (χ1n) is 6.62. The SMILES string of the molecule is COc1cc(OC)c2c(c1)-c1cc3c(cc1CO2)OCO3. The maximum atomic E-state index is 5.85. The van der Waals surface area contributed by atoms with Gasteiger partial charge >= 0.3 is 0 Å². The van der Waals surface area contributed by atoms with Gasteiger partial charge in [0.25, 0.3) is 0 Å². The second-order valence-electron chi connectivity index (χ2n) is 4.86. The fraction of sp³-hybridized carbons (Fsp3) is 0.250. The highest BCUT2D eigenvalue weighted by atomic mass is 16.7. The minimum absolute atomic E-state index is 0.257. The lowest BCUT2D eigenvalue weighted by Gasteiger charge is -2.23. The molecule has 4 rings (SSSR count). The highest BCUT2D eigenvalue weighted by Gasteiger charge is 2.26. The largest absolute Gasteiger partial charge is 0.497 e. The van der Waals surface area contributed by atoms with Gasteiger partial charge in [0.1, 0.15) is 12.4 Å². The molecule has 0 aromatic heterocycles. The summed E-state index contributed by atoms with van der Waals surface area (Å²) in [5.74, 6) is 3.62. The van der Waals surface area contributed by atoms with E-state index in [9.17, 15) is 0 Å². The molecule has 0 amide bonds. The first kappa shape index (κ1) is 12.2. The molecule has 108 valence electrons. The maximum Gasteiger partial charge on any atom is 0.231 e. The summed E-state index contributed by atoms with van der Waals surface area (Å²) in [5, 5.41) is 0. The zero-order valence-electron chi connectivity index (χ0n) is 11.8. The molecule has 2 aromatic carbocycles. The molecule has 0 bridgehead atoms. The third-order valence-corrected chi connectivity index (χ3v) is 3.74. The fourth-order valence-electron chi connectivity index (χ4n) is 2.70. The Morgan fingerprint density at radius 1 is 0.857 bits per heavy atom. The van der Waals surface area contributed by atoms with Crippen LogP contribution in [-0.4, -0.2) is 21.0 Å². The zero-order chi connectivity index (χ0) is 14.4. The zero-order valence-corrected chi connectivity index (χ0v) is 11.8. The number of hydrogen-bond acceptors (Lipinski definition) is 5. The molecule has 2 aliphatic heterocycles. The van der Waals surface area contributed by atoms with Crippen LogP contribution in [0.4, 0.5) is 0 Å². The smallest absolute Gasteiger partial charge is 0.231 e. The lowest BCUT2D eigenvalue weighted by Crippen LogP contribution is -2.07. The van der Waals surface area contributed by atoms with Gasteiger partial charge in [-0.3, -0.25) is 0 Å². The van der Waals surface area contributed by atoms with Crippen molar-refractivity contribution in [3.8, 4) is 39.9 Å². The third-order valence-electron chi connectivity index (χ3n) is 3.74. The van der Waals surface area contributed by atoms with E-state index in [1.807, 2.05) is 24.3 Å². The normalized spacial score (nSPS) is 14.0. The Kier molecular flexibility index (Phi) is 2.60. The van der Waals surface area contributed by atoms with E-state index in [0.717, 1.165) is 39.7 Å². The van der Waals surface area contributed by atoms with Crippen molar-refractivity contribution >= 4 is 0 Å². The van der Waals surface area contributed by atoms with E-state index < -0.39 is 0 Å². The second kappa shape index (κ2) is 4.48. The van der Waals surface area contributed by atoms with E-state index in [1.54, 1.807) is 14.2 Å². The molecular weight excluding hydrogens is 272 g/mol. The molecule has 21 heavy (non-hydrogen) atoms. The van der Waals surface area contributed by atoms with E-state index in [1.165, 1.54) is 0 Å². The van der Waals surface area contributed by atoms with E-state index >= 15 is 0 Å². The predicted octanol–water partition coefficient (Wildman–Crippen LogP) is 2.99. The van der Waals surface area contributed by atoms with E-state index in [2.05, 4.69) is 0 Å². The van der Waals surface area contributed by atoms with Crippen LogP contribution in [0.1, 0.15) is 5.56 Å². The van der Waals surface area contributed by atoms with Crippen LogP contribution in [0.5, 0.6) is 28.7 Å². The molecular formula is C16H14O5. The Hall–Kier alpha value is -2.56. The minimum Gasteiger partial charge on any atom is -0.497 e. The molecule has 0 saturated carbocycles. The molecule has 0 spiro atoms. The number of benzene rings is 2. The molecule has 2 aliphatic rings. The summed E-state index contributed by atoms with van der Waals surface area (Å²) in [6.45, 7) is 0.731. The standard InChI is InChI=1S/C16H14O5/c1-17-10-4-12-11-6-14-13(20-8-21-14)3-9(11)7-19-16(12)15(5-10)18-2/h3-6H,7-8H2,1-2H3. The van der Waals surface area contributed by atoms with Gasteiger partial charge in [0.05, 0.1) is 14.2 Å². The monoisotopic (exact) mass is 286 g/mol. The summed E-state index contributed by atoms with van der Waals surface area (Å²) in [6.07, 6.45) is 0. The fourth-order valence-corrected chi connectivity index (χ4v) is 2.70. The van der Waals surface area contributed by atoms with Crippen LogP contribution in [0, 0.1) is 0 Å². The average Bonchev–Trinajstić information content (AvgIpc) is 2.98. The van der Waals surface area contributed by atoms with Crippen molar-refractivity contribution in [2.75, 3.05) is 21.0 Å². The predicted molar refractivity (Wildman–Crippen MR) is 75.4 cm³/mol. The number of methoxy groups -OCH3 is 2. The summed E-state index contributed by atoms with van der Waals surface area (Å²) in [6, 6.07) is 7.71. The Morgan fingerprint density at radius 3 is 2.43 bits per heavy atom. The van der Waals surface area contributed by atoms with E-state index in [0.29, 0.717) is 12.4 Å². The van der Waals surface area contributed by atoms with Crippen molar-refractivity contribution in [2.45, 2.75) is 6.61 Å². The molecule has 2 aromatic rings. The van der Waals surface area contributed by atoms with Gasteiger partial charge in [-0.25, -0.2) is 0 Å². The number of hydrogen-bond donors (Lipinski definition) is 0. The Balaban J connectivity index is 1.95. The van der Waals surface area contributed by atoms with Crippen LogP contribution in [0.15, 0.2) is 24.3 Å². The Bertz CT molecular complexity index is 723. The van der Waals surface area contributed by atoms with Gasteiger partial charge in [-0.15, -0.1) is 0 Å². The summed E-state index contributed by atoms with van der Waals surface area (Å²) >= 11 is 0. The van der Waals surface area contributed by atoms with Crippen molar-refractivity contribution in [2.24, 2.45) is 0 Å². The number of rotatable bonds is 2. The van der Waals surface area contributed by atoms with E-state index in [4.69, 9.17) is 23.7 Å². The summed E-state index contributed by atoms with van der Waals surface area (Å²) in [7, 11) is 3.25. The van der Waals surface area contributed by atoms with Gasteiger partial charge in [0.15, 0.2) is 23.0 Å². The van der Waals surface area contributed by atoms with Crippen LogP contribution in [-0.2, 0) is 6.61 Å². The van der Waals surface area contributed by atoms with Crippen molar-refractivity contribution in [3.05, 3.63) is 29.8 Å². The van der Waals surface area contributed by atoms with Crippen LogP contribution < -0.4 is 23.7 Å². The molecule has 0 unspecified atom stereocenters.